The molecule has 2 N–H and O–H groups in total. The van der Waals surface area contributed by atoms with Crippen LogP contribution in [-0.4, -0.2) is 58.6 Å². The van der Waals surface area contributed by atoms with Gasteiger partial charge >= 0.3 is 0 Å². The summed E-state index contributed by atoms with van der Waals surface area (Å²) >= 11 is 0. The Morgan fingerprint density at radius 2 is 2.36 bits per heavy atom. The lowest BCUT2D eigenvalue weighted by molar-refractivity contribution is 0.0705. The summed E-state index contributed by atoms with van der Waals surface area (Å²) in [5, 5.41) is 8.71. The van der Waals surface area contributed by atoms with Crippen molar-refractivity contribution in [2.45, 2.75) is 31.8 Å². The topological polar surface area (TPSA) is 68.7 Å². The van der Waals surface area contributed by atoms with Crippen LogP contribution in [-0.2, 0) is 13.0 Å². The number of hydrogen-bond acceptors (Lipinski definition) is 5. The van der Waals surface area contributed by atoms with Crippen molar-refractivity contribution in [1.82, 2.24) is 20.3 Å². The van der Waals surface area contributed by atoms with Gasteiger partial charge in [0.1, 0.15) is 0 Å². The van der Waals surface area contributed by atoms with Gasteiger partial charge in [-0.1, -0.05) is 0 Å². The van der Waals surface area contributed by atoms with Crippen molar-refractivity contribution in [3.05, 3.63) is 29.1 Å². The molecule has 1 aromatic heterocycles. The number of hydroxylamine groups is 1. The Kier molecular flexibility index (Phi) is 3.21. The fourth-order valence-electron chi connectivity index (χ4n) is 4.48. The maximum atomic E-state index is 11.5. The molecule has 2 saturated heterocycles. The van der Waals surface area contributed by atoms with E-state index in [1.54, 1.807) is 11.7 Å². The molecule has 1 saturated carbocycles. The summed E-state index contributed by atoms with van der Waals surface area (Å²) in [7, 11) is 2.24. The van der Waals surface area contributed by atoms with Crippen molar-refractivity contribution >= 4 is 5.91 Å². The lowest BCUT2D eigenvalue weighted by Crippen LogP contribution is -2.45. The monoisotopic (exact) mass is 302 g/mol. The van der Waals surface area contributed by atoms with Crippen LogP contribution in [0.5, 0.6) is 0 Å². The predicted octanol–water partition coefficient (Wildman–Crippen LogP) is 0.653. The average Bonchev–Trinajstić information content (AvgIpc) is 2.97. The van der Waals surface area contributed by atoms with E-state index in [9.17, 15) is 4.79 Å². The molecule has 0 spiro atoms. The van der Waals surface area contributed by atoms with Crippen LogP contribution in [0.3, 0.4) is 0 Å². The molecule has 0 unspecified atom stereocenters. The van der Waals surface area contributed by atoms with E-state index in [2.05, 4.69) is 21.8 Å². The highest BCUT2D eigenvalue weighted by Gasteiger charge is 2.54. The Morgan fingerprint density at radius 3 is 3.05 bits per heavy atom. The summed E-state index contributed by atoms with van der Waals surface area (Å²) < 4.78 is 0. The number of carbonyl (C=O) groups is 1. The molecule has 0 aromatic carbocycles. The second-order valence-electron chi connectivity index (χ2n) is 7.21. The van der Waals surface area contributed by atoms with Crippen molar-refractivity contribution in [3.8, 4) is 0 Å². The zero-order chi connectivity index (χ0) is 15.3. The van der Waals surface area contributed by atoms with Gasteiger partial charge in [-0.05, 0) is 43.4 Å². The molecule has 5 rings (SSSR count). The smallest absolute Gasteiger partial charge is 0.276 e. The molecule has 3 fully saturated rings. The first-order valence-corrected chi connectivity index (χ1v) is 7.93. The molecule has 1 amide bonds. The van der Waals surface area contributed by atoms with Crippen LogP contribution in [0.4, 0.5) is 0 Å². The number of carbonyl (C=O) groups excluding carboxylic acids is 1. The van der Waals surface area contributed by atoms with Crippen LogP contribution in [0.25, 0.3) is 0 Å². The largest absolute Gasteiger partial charge is 0.303 e. The lowest BCUT2D eigenvalue weighted by Gasteiger charge is -2.42. The standard InChI is InChI=1S/C16H22N4O2/c1-19-9-16(5-13(19)6-16)10-20-3-2-11-4-12(15(21)18-22)7-17-14(11)8-20/h4,7,13,22H,2-3,5-6,8-10H2,1H3,(H,18,21). The number of hydrogen-bond donors (Lipinski definition) is 2. The first kappa shape index (κ1) is 14.1. The molecule has 2 bridgehead atoms. The van der Waals surface area contributed by atoms with Crippen molar-refractivity contribution < 1.29 is 10.0 Å². The van der Waals surface area contributed by atoms with Crippen molar-refractivity contribution in [1.29, 1.82) is 0 Å². The molecule has 4 aliphatic rings. The molecular weight excluding hydrogens is 280 g/mol. The third-order valence-electron chi connectivity index (χ3n) is 5.60. The molecule has 6 heteroatoms. The SMILES string of the molecule is CN1CC2(CN3CCc4cc(C(=O)NO)cnc4C3)CC1C2. The lowest BCUT2D eigenvalue weighted by atomic mass is 9.69. The highest BCUT2D eigenvalue weighted by molar-refractivity contribution is 5.93. The van der Waals surface area contributed by atoms with Gasteiger partial charge in [0.15, 0.2) is 0 Å². The fraction of sp³-hybridized carbons (Fsp3) is 0.625. The van der Waals surface area contributed by atoms with E-state index in [0.29, 0.717) is 11.0 Å². The maximum absolute atomic E-state index is 11.5. The Bertz CT molecular complexity index is 612. The number of rotatable bonds is 3. The van der Waals surface area contributed by atoms with Crippen LogP contribution in [0.15, 0.2) is 12.3 Å². The van der Waals surface area contributed by atoms with Gasteiger partial charge in [-0.25, -0.2) is 5.48 Å². The van der Waals surface area contributed by atoms with Gasteiger partial charge in [-0.15, -0.1) is 0 Å². The molecule has 118 valence electrons. The van der Waals surface area contributed by atoms with Gasteiger partial charge in [-0.2, -0.15) is 0 Å². The highest BCUT2D eigenvalue weighted by Crippen LogP contribution is 2.51. The summed E-state index contributed by atoms with van der Waals surface area (Å²) in [6, 6.07) is 2.67. The van der Waals surface area contributed by atoms with Crippen molar-refractivity contribution in [3.63, 3.8) is 0 Å². The van der Waals surface area contributed by atoms with E-state index in [-0.39, 0.29) is 0 Å². The third-order valence-corrected chi connectivity index (χ3v) is 5.60. The summed E-state index contributed by atoms with van der Waals surface area (Å²) in [6.45, 7) is 4.28. The molecule has 3 aliphatic heterocycles. The number of nitrogens with zero attached hydrogens (tertiary/aromatic N) is 3. The summed E-state index contributed by atoms with van der Waals surface area (Å²) in [5.41, 5.74) is 4.80. The van der Waals surface area contributed by atoms with E-state index in [0.717, 1.165) is 43.4 Å². The number of pyridine rings is 1. The second kappa shape index (κ2) is 5.01. The molecule has 1 aliphatic carbocycles. The first-order chi connectivity index (χ1) is 10.6. The zero-order valence-corrected chi connectivity index (χ0v) is 12.9. The Balaban J connectivity index is 1.45. The summed E-state index contributed by atoms with van der Waals surface area (Å²) in [4.78, 5) is 20.9. The normalized spacial score (nSPS) is 30.7. The average molecular weight is 302 g/mol. The van der Waals surface area contributed by atoms with Crippen molar-refractivity contribution in [2.75, 3.05) is 26.7 Å². The minimum absolute atomic E-state index is 0.424. The van der Waals surface area contributed by atoms with E-state index < -0.39 is 5.91 Å². The first-order valence-electron chi connectivity index (χ1n) is 7.93. The molecule has 22 heavy (non-hydrogen) atoms. The zero-order valence-electron chi connectivity index (χ0n) is 12.9. The number of fused-ring (bicyclic) bond motifs is 2. The number of amides is 1. The minimum atomic E-state index is -0.494. The van der Waals surface area contributed by atoms with Crippen LogP contribution >= 0.6 is 0 Å². The quantitative estimate of drug-likeness (QED) is 0.634. The van der Waals surface area contributed by atoms with E-state index in [1.165, 1.54) is 19.4 Å². The Morgan fingerprint density at radius 1 is 1.55 bits per heavy atom. The molecule has 1 aromatic rings. The van der Waals surface area contributed by atoms with E-state index in [1.807, 2.05) is 6.07 Å². The number of aromatic nitrogens is 1. The molecule has 0 radical (unpaired) electrons. The van der Waals surface area contributed by atoms with Gasteiger partial charge in [0, 0.05) is 38.4 Å². The van der Waals surface area contributed by atoms with Crippen LogP contribution in [0.1, 0.15) is 34.5 Å². The second-order valence-corrected chi connectivity index (χ2v) is 7.21. The minimum Gasteiger partial charge on any atom is -0.303 e. The van der Waals surface area contributed by atoms with Crippen LogP contribution in [0.2, 0.25) is 0 Å². The molecule has 0 atom stereocenters. The van der Waals surface area contributed by atoms with Gasteiger partial charge < -0.3 is 4.90 Å². The maximum Gasteiger partial charge on any atom is 0.276 e. The van der Waals surface area contributed by atoms with Gasteiger partial charge in [0.05, 0.1) is 11.3 Å². The van der Waals surface area contributed by atoms with Crippen LogP contribution < -0.4 is 5.48 Å². The summed E-state index contributed by atoms with van der Waals surface area (Å²) in [6.07, 6.45) is 5.16. The molecule has 4 heterocycles. The third kappa shape index (κ3) is 2.22. The molecule has 6 nitrogen and oxygen atoms in total. The fourth-order valence-corrected chi connectivity index (χ4v) is 4.48. The van der Waals surface area contributed by atoms with Crippen LogP contribution in [0, 0.1) is 5.41 Å². The van der Waals surface area contributed by atoms with Crippen molar-refractivity contribution in [2.24, 2.45) is 5.41 Å². The van der Waals surface area contributed by atoms with Gasteiger partial charge in [-0.3, -0.25) is 19.9 Å². The Labute approximate surface area is 130 Å². The Hall–Kier alpha value is -1.50. The molecular formula is C16H22N4O2. The summed E-state index contributed by atoms with van der Waals surface area (Å²) in [5.74, 6) is -0.494. The van der Waals surface area contributed by atoms with E-state index >= 15 is 0 Å². The van der Waals surface area contributed by atoms with Gasteiger partial charge in [0.25, 0.3) is 5.91 Å². The van der Waals surface area contributed by atoms with Gasteiger partial charge in [0.2, 0.25) is 0 Å². The predicted molar refractivity (Wildman–Crippen MR) is 80.6 cm³/mol. The highest BCUT2D eigenvalue weighted by atomic mass is 16.5. The number of nitrogens with one attached hydrogen (secondary N) is 1. The van der Waals surface area contributed by atoms with E-state index in [4.69, 9.17) is 5.21 Å².